The molecular formula is C16H26ClN. The fourth-order valence-corrected chi connectivity index (χ4v) is 2.56. The molecule has 0 saturated carbocycles. The molecule has 0 radical (unpaired) electrons. The van der Waals surface area contributed by atoms with E-state index in [9.17, 15) is 0 Å². The Morgan fingerprint density at radius 1 is 1.06 bits per heavy atom. The Labute approximate surface area is 118 Å². The predicted octanol–water partition coefficient (Wildman–Crippen LogP) is 3.95. The van der Waals surface area contributed by atoms with Gasteiger partial charge in [-0.1, -0.05) is 45.0 Å². The van der Waals surface area contributed by atoms with Gasteiger partial charge in [-0.3, -0.25) is 0 Å². The number of piperidine rings is 1. The summed E-state index contributed by atoms with van der Waals surface area (Å²) in [6.07, 6.45) is 3.92. The minimum atomic E-state index is 0. The number of halogens is 1. The summed E-state index contributed by atoms with van der Waals surface area (Å²) in [5.74, 6) is 0.886. The molecule has 1 saturated heterocycles. The van der Waals surface area contributed by atoms with Crippen molar-refractivity contribution < 1.29 is 0 Å². The first-order chi connectivity index (χ1) is 8.05. The van der Waals surface area contributed by atoms with Gasteiger partial charge in [0.1, 0.15) is 0 Å². The maximum Gasteiger partial charge on any atom is -0.00462 e. The molecule has 1 N–H and O–H groups in total. The molecule has 1 aliphatic heterocycles. The van der Waals surface area contributed by atoms with Crippen molar-refractivity contribution >= 4 is 12.4 Å². The van der Waals surface area contributed by atoms with Crippen LogP contribution in [0.25, 0.3) is 0 Å². The number of nitrogens with one attached hydrogen (secondary N) is 1. The molecule has 0 atom stereocenters. The van der Waals surface area contributed by atoms with Gasteiger partial charge >= 0.3 is 0 Å². The van der Waals surface area contributed by atoms with E-state index in [2.05, 4.69) is 50.4 Å². The third-order valence-electron chi connectivity index (χ3n) is 3.80. The second-order valence-corrected chi connectivity index (χ2v) is 6.34. The van der Waals surface area contributed by atoms with Gasteiger partial charge in [-0.25, -0.2) is 0 Å². The molecule has 1 heterocycles. The Balaban J connectivity index is 0.00000162. The first-order valence-electron chi connectivity index (χ1n) is 6.86. The zero-order valence-electron chi connectivity index (χ0n) is 11.8. The van der Waals surface area contributed by atoms with Crippen LogP contribution in [0.5, 0.6) is 0 Å². The van der Waals surface area contributed by atoms with Crippen LogP contribution < -0.4 is 5.32 Å². The van der Waals surface area contributed by atoms with Crippen molar-refractivity contribution in [2.24, 2.45) is 5.92 Å². The van der Waals surface area contributed by atoms with Gasteiger partial charge in [0.2, 0.25) is 0 Å². The van der Waals surface area contributed by atoms with Gasteiger partial charge < -0.3 is 5.32 Å². The summed E-state index contributed by atoms with van der Waals surface area (Å²) in [5.41, 5.74) is 3.21. The Hall–Kier alpha value is -0.530. The summed E-state index contributed by atoms with van der Waals surface area (Å²) in [7, 11) is 0. The third-order valence-corrected chi connectivity index (χ3v) is 3.80. The molecule has 2 rings (SSSR count). The number of rotatable bonds is 2. The Kier molecular flexibility index (Phi) is 5.68. The first-order valence-corrected chi connectivity index (χ1v) is 6.86. The molecule has 102 valence electrons. The third kappa shape index (κ3) is 4.29. The van der Waals surface area contributed by atoms with E-state index >= 15 is 0 Å². The van der Waals surface area contributed by atoms with Gasteiger partial charge in [0.15, 0.2) is 0 Å². The number of hydrogen-bond acceptors (Lipinski definition) is 1. The largest absolute Gasteiger partial charge is 0.317 e. The summed E-state index contributed by atoms with van der Waals surface area (Å²) >= 11 is 0. The number of hydrogen-bond donors (Lipinski definition) is 1. The SMILES string of the molecule is CC(C)(C)c1ccc(CC2CCNCC2)cc1.Cl. The summed E-state index contributed by atoms with van der Waals surface area (Å²) in [4.78, 5) is 0. The van der Waals surface area contributed by atoms with Crippen molar-refractivity contribution in [3.63, 3.8) is 0 Å². The maximum absolute atomic E-state index is 3.43. The van der Waals surface area contributed by atoms with Crippen LogP contribution in [0, 0.1) is 5.92 Å². The monoisotopic (exact) mass is 267 g/mol. The van der Waals surface area contributed by atoms with E-state index in [1.807, 2.05) is 0 Å². The van der Waals surface area contributed by atoms with Crippen molar-refractivity contribution in [3.05, 3.63) is 35.4 Å². The smallest absolute Gasteiger partial charge is 0.00462 e. The lowest BCUT2D eigenvalue weighted by atomic mass is 9.85. The summed E-state index contributed by atoms with van der Waals surface area (Å²) in [6, 6.07) is 9.25. The highest BCUT2D eigenvalue weighted by Crippen LogP contribution is 2.24. The Morgan fingerprint density at radius 3 is 2.11 bits per heavy atom. The highest BCUT2D eigenvalue weighted by Gasteiger charge is 2.15. The van der Waals surface area contributed by atoms with Crippen LogP contribution in [0.2, 0.25) is 0 Å². The van der Waals surface area contributed by atoms with Crippen LogP contribution in [-0.4, -0.2) is 13.1 Å². The van der Waals surface area contributed by atoms with E-state index in [1.54, 1.807) is 0 Å². The molecule has 18 heavy (non-hydrogen) atoms. The van der Waals surface area contributed by atoms with Crippen LogP contribution in [0.4, 0.5) is 0 Å². The maximum atomic E-state index is 3.43. The lowest BCUT2D eigenvalue weighted by molar-refractivity contribution is 0.372. The van der Waals surface area contributed by atoms with Gasteiger partial charge in [0.05, 0.1) is 0 Å². The molecule has 2 heteroatoms. The fraction of sp³-hybridized carbons (Fsp3) is 0.625. The van der Waals surface area contributed by atoms with Crippen LogP contribution in [0.1, 0.15) is 44.7 Å². The van der Waals surface area contributed by atoms with Gasteiger partial charge in [0, 0.05) is 0 Å². The zero-order valence-corrected chi connectivity index (χ0v) is 12.6. The van der Waals surface area contributed by atoms with Crippen LogP contribution in [0.3, 0.4) is 0 Å². The molecule has 0 aliphatic carbocycles. The van der Waals surface area contributed by atoms with Gasteiger partial charge in [-0.15, -0.1) is 12.4 Å². The Bertz CT molecular complexity index is 344. The van der Waals surface area contributed by atoms with Crippen molar-refractivity contribution in [1.82, 2.24) is 5.32 Å². The molecule has 0 spiro atoms. The minimum absolute atomic E-state index is 0. The molecule has 0 aromatic heterocycles. The van der Waals surface area contributed by atoms with Gasteiger partial charge in [-0.2, -0.15) is 0 Å². The molecule has 0 amide bonds. The topological polar surface area (TPSA) is 12.0 Å². The van der Waals surface area contributed by atoms with Gasteiger partial charge in [-0.05, 0) is 54.8 Å². The first kappa shape index (κ1) is 15.5. The quantitative estimate of drug-likeness (QED) is 0.856. The Morgan fingerprint density at radius 2 is 1.61 bits per heavy atom. The lowest BCUT2D eigenvalue weighted by Gasteiger charge is -2.23. The molecule has 0 unspecified atom stereocenters. The van der Waals surface area contributed by atoms with Crippen molar-refractivity contribution in [2.45, 2.75) is 45.4 Å². The standard InChI is InChI=1S/C16H25N.ClH/c1-16(2,3)15-6-4-13(5-7-15)12-14-8-10-17-11-9-14;/h4-7,14,17H,8-12H2,1-3H3;1H. The van der Waals surface area contributed by atoms with E-state index in [0.717, 1.165) is 5.92 Å². The van der Waals surface area contributed by atoms with Crippen LogP contribution >= 0.6 is 12.4 Å². The molecule has 1 aliphatic rings. The summed E-state index contributed by atoms with van der Waals surface area (Å²) in [5, 5.41) is 3.43. The average molecular weight is 268 g/mol. The molecule has 1 nitrogen and oxygen atoms in total. The second-order valence-electron chi connectivity index (χ2n) is 6.34. The summed E-state index contributed by atoms with van der Waals surface area (Å²) < 4.78 is 0. The lowest BCUT2D eigenvalue weighted by Crippen LogP contribution is -2.28. The molecule has 0 bridgehead atoms. The highest BCUT2D eigenvalue weighted by atomic mass is 35.5. The molecular weight excluding hydrogens is 242 g/mol. The summed E-state index contributed by atoms with van der Waals surface area (Å²) in [6.45, 7) is 9.22. The van der Waals surface area contributed by atoms with Crippen LogP contribution in [0.15, 0.2) is 24.3 Å². The predicted molar refractivity (Wildman–Crippen MR) is 81.7 cm³/mol. The average Bonchev–Trinajstić information content (AvgIpc) is 2.30. The van der Waals surface area contributed by atoms with E-state index in [0.29, 0.717) is 0 Å². The van der Waals surface area contributed by atoms with Crippen molar-refractivity contribution in [2.75, 3.05) is 13.1 Å². The van der Waals surface area contributed by atoms with E-state index < -0.39 is 0 Å². The fourth-order valence-electron chi connectivity index (χ4n) is 2.56. The molecule has 1 aromatic carbocycles. The van der Waals surface area contributed by atoms with E-state index in [4.69, 9.17) is 0 Å². The normalized spacial score (nSPS) is 17.3. The zero-order chi connectivity index (χ0) is 12.3. The van der Waals surface area contributed by atoms with E-state index in [-0.39, 0.29) is 17.8 Å². The second kappa shape index (κ2) is 6.58. The molecule has 1 fully saturated rings. The number of benzene rings is 1. The van der Waals surface area contributed by atoms with E-state index in [1.165, 1.54) is 43.5 Å². The van der Waals surface area contributed by atoms with Crippen molar-refractivity contribution in [3.8, 4) is 0 Å². The van der Waals surface area contributed by atoms with Crippen LogP contribution in [-0.2, 0) is 11.8 Å². The minimum Gasteiger partial charge on any atom is -0.317 e. The highest BCUT2D eigenvalue weighted by molar-refractivity contribution is 5.85. The van der Waals surface area contributed by atoms with Gasteiger partial charge in [0.25, 0.3) is 0 Å². The van der Waals surface area contributed by atoms with Crippen molar-refractivity contribution in [1.29, 1.82) is 0 Å². The molecule has 1 aromatic rings.